The van der Waals surface area contributed by atoms with Crippen LogP contribution in [0.4, 0.5) is 5.82 Å². The molecule has 0 saturated heterocycles. The summed E-state index contributed by atoms with van der Waals surface area (Å²) in [5.74, 6) is 1.61. The van der Waals surface area contributed by atoms with Gasteiger partial charge in [0.25, 0.3) is 0 Å². The van der Waals surface area contributed by atoms with E-state index >= 15 is 0 Å². The van der Waals surface area contributed by atoms with Crippen LogP contribution in [0.5, 0.6) is 0 Å². The van der Waals surface area contributed by atoms with Gasteiger partial charge in [-0.25, -0.2) is 9.97 Å². The van der Waals surface area contributed by atoms with Gasteiger partial charge in [-0.15, -0.1) is 0 Å². The number of nitrogens with zero attached hydrogens (tertiary/aromatic N) is 2. The van der Waals surface area contributed by atoms with E-state index in [4.69, 9.17) is 4.74 Å². The van der Waals surface area contributed by atoms with Crippen LogP contribution in [0.25, 0.3) is 0 Å². The fourth-order valence-corrected chi connectivity index (χ4v) is 2.03. The lowest BCUT2D eigenvalue weighted by molar-refractivity contribution is 0.177. The Morgan fingerprint density at radius 1 is 1.43 bits per heavy atom. The molecule has 1 N–H and O–H groups in total. The summed E-state index contributed by atoms with van der Waals surface area (Å²) in [5, 5.41) is 3.05. The number of nitrogens with one attached hydrogen (secondary N) is 1. The van der Waals surface area contributed by atoms with E-state index in [0.29, 0.717) is 6.61 Å². The van der Waals surface area contributed by atoms with E-state index in [1.807, 2.05) is 7.05 Å². The summed E-state index contributed by atoms with van der Waals surface area (Å²) in [7, 11) is 3.51. The topological polar surface area (TPSA) is 47.0 Å². The van der Waals surface area contributed by atoms with Crippen LogP contribution >= 0.6 is 22.6 Å². The number of methoxy groups -OCH3 is 1. The minimum atomic E-state index is 0.457. The Morgan fingerprint density at radius 2 is 2.14 bits per heavy atom. The Bertz CT molecular complexity index is 292. The molecule has 5 heteroatoms. The highest BCUT2D eigenvalue weighted by atomic mass is 127. The Balaban J connectivity index is 3.11. The molecule has 0 atom stereocenters. The van der Waals surface area contributed by atoms with Crippen LogP contribution < -0.4 is 5.32 Å². The largest absolute Gasteiger partial charge is 0.377 e. The fourth-order valence-electron chi connectivity index (χ4n) is 1.14. The van der Waals surface area contributed by atoms with Crippen molar-refractivity contribution in [1.82, 2.24) is 9.97 Å². The highest BCUT2D eigenvalue weighted by Crippen LogP contribution is 2.19. The zero-order chi connectivity index (χ0) is 10.6. The van der Waals surface area contributed by atoms with Crippen molar-refractivity contribution in [1.29, 1.82) is 0 Å². The number of halogens is 1. The third-order valence-corrected chi connectivity index (χ3v) is 2.94. The van der Waals surface area contributed by atoms with E-state index in [0.717, 1.165) is 27.3 Å². The molecule has 0 aromatic carbocycles. The third kappa shape index (κ3) is 2.54. The Kier molecular flexibility index (Phi) is 4.53. The third-order valence-electron chi connectivity index (χ3n) is 1.81. The second-order valence-corrected chi connectivity index (χ2v) is 3.86. The van der Waals surface area contributed by atoms with Crippen molar-refractivity contribution in [2.24, 2.45) is 0 Å². The minimum absolute atomic E-state index is 0.457. The maximum Gasteiger partial charge on any atom is 0.156 e. The monoisotopic (exact) mass is 307 g/mol. The van der Waals surface area contributed by atoms with Gasteiger partial charge in [0.2, 0.25) is 0 Å². The van der Waals surface area contributed by atoms with Crippen molar-refractivity contribution in [2.45, 2.75) is 20.0 Å². The van der Waals surface area contributed by atoms with Crippen LogP contribution in [-0.4, -0.2) is 24.1 Å². The molecule has 0 aliphatic rings. The molecule has 0 bridgehead atoms. The molecule has 0 amide bonds. The molecule has 0 aliphatic heterocycles. The SMILES string of the molecule is CCc1nc(COC)nc(NC)c1I. The van der Waals surface area contributed by atoms with Gasteiger partial charge in [0.1, 0.15) is 12.4 Å². The van der Waals surface area contributed by atoms with E-state index in [-0.39, 0.29) is 0 Å². The molecule has 0 aliphatic carbocycles. The molecule has 1 aromatic heterocycles. The molecular formula is C9H14IN3O. The van der Waals surface area contributed by atoms with Gasteiger partial charge >= 0.3 is 0 Å². The molecular weight excluding hydrogens is 293 g/mol. The van der Waals surface area contributed by atoms with Crippen molar-refractivity contribution < 1.29 is 4.74 Å². The van der Waals surface area contributed by atoms with Crippen LogP contribution in [0.3, 0.4) is 0 Å². The van der Waals surface area contributed by atoms with Crippen molar-refractivity contribution in [2.75, 3.05) is 19.5 Å². The number of anilines is 1. The smallest absolute Gasteiger partial charge is 0.156 e. The van der Waals surface area contributed by atoms with Gasteiger partial charge in [-0.05, 0) is 29.0 Å². The molecule has 0 unspecified atom stereocenters. The quantitative estimate of drug-likeness (QED) is 0.862. The maximum absolute atomic E-state index is 5.01. The van der Waals surface area contributed by atoms with Crippen molar-refractivity contribution in [3.05, 3.63) is 15.1 Å². The number of hydrogen-bond donors (Lipinski definition) is 1. The van der Waals surface area contributed by atoms with E-state index in [9.17, 15) is 0 Å². The van der Waals surface area contributed by atoms with Gasteiger partial charge in [0.05, 0.1) is 9.26 Å². The molecule has 0 fully saturated rings. The first-order valence-electron chi connectivity index (χ1n) is 4.44. The first kappa shape index (κ1) is 11.6. The zero-order valence-corrected chi connectivity index (χ0v) is 10.8. The van der Waals surface area contributed by atoms with Crippen LogP contribution in [0, 0.1) is 3.57 Å². The lowest BCUT2D eigenvalue weighted by Crippen LogP contribution is -2.07. The second kappa shape index (κ2) is 5.45. The number of rotatable bonds is 4. The highest BCUT2D eigenvalue weighted by molar-refractivity contribution is 14.1. The second-order valence-electron chi connectivity index (χ2n) is 2.79. The predicted octanol–water partition coefficient (Wildman–Crippen LogP) is 1.83. The predicted molar refractivity (Wildman–Crippen MR) is 64.4 cm³/mol. The Labute approximate surface area is 97.6 Å². The number of aryl methyl sites for hydroxylation is 1. The average Bonchev–Trinajstić information content (AvgIpc) is 2.20. The van der Waals surface area contributed by atoms with Crippen molar-refractivity contribution in [3.8, 4) is 0 Å². The molecule has 4 nitrogen and oxygen atoms in total. The normalized spacial score (nSPS) is 10.3. The first-order chi connectivity index (χ1) is 6.72. The number of ether oxygens (including phenoxy) is 1. The average molecular weight is 307 g/mol. The zero-order valence-electron chi connectivity index (χ0n) is 8.59. The Hall–Kier alpha value is -0.430. The van der Waals surface area contributed by atoms with E-state index in [1.54, 1.807) is 7.11 Å². The number of aromatic nitrogens is 2. The molecule has 1 aromatic rings. The molecule has 0 saturated carbocycles. The summed E-state index contributed by atoms with van der Waals surface area (Å²) in [6, 6.07) is 0. The van der Waals surface area contributed by atoms with Gasteiger partial charge in [0.15, 0.2) is 5.82 Å². The summed E-state index contributed by atoms with van der Waals surface area (Å²) in [5.41, 5.74) is 1.07. The molecule has 1 heterocycles. The van der Waals surface area contributed by atoms with Crippen LogP contribution in [0.1, 0.15) is 18.4 Å². The fraction of sp³-hybridized carbons (Fsp3) is 0.556. The van der Waals surface area contributed by atoms with Crippen molar-refractivity contribution in [3.63, 3.8) is 0 Å². The molecule has 14 heavy (non-hydrogen) atoms. The van der Waals surface area contributed by atoms with Gasteiger partial charge < -0.3 is 10.1 Å². The first-order valence-corrected chi connectivity index (χ1v) is 5.52. The maximum atomic E-state index is 5.01. The molecule has 78 valence electrons. The van der Waals surface area contributed by atoms with Crippen molar-refractivity contribution >= 4 is 28.4 Å². The summed E-state index contributed by atoms with van der Waals surface area (Å²) in [6.45, 7) is 2.54. The van der Waals surface area contributed by atoms with Crippen LogP contribution in [-0.2, 0) is 17.8 Å². The molecule has 0 radical (unpaired) electrons. The van der Waals surface area contributed by atoms with Gasteiger partial charge in [0, 0.05) is 14.2 Å². The lowest BCUT2D eigenvalue weighted by Gasteiger charge is -2.09. The Morgan fingerprint density at radius 3 is 2.64 bits per heavy atom. The van der Waals surface area contributed by atoms with E-state index in [2.05, 4.69) is 44.8 Å². The van der Waals surface area contributed by atoms with Gasteiger partial charge in [-0.2, -0.15) is 0 Å². The standard InChI is InChI=1S/C9H14IN3O/c1-4-6-8(10)9(11-2)13-7(12-6)5-14-3/h4-5H2,1-3H3,(H,11,12,13). The summed E-state index contributed by atoms with van der Waals surface area (Å²) in [6.07, 6.45) is 0.909. The van der Waals surface area contributed by atoms with Gasteiger partial charge in [-0.1, -0.05) is 6.92 Å². The molecule has 0 spiro atoms. The van der Waals surface area contributed by atoms with Crippen LogP contribution in [0.15, 0.2) is 0 Å². The highest BCUT2D eigenvalue weighted by Gasteiger charge is 2.09. The summed E-state index contributed by atoms with van der Waals surface area (Å²) in [4.78, 5) is 8.74. The van der Waals surface area contributed by atoms with E-state index in [1.165, 1.54) is 0 Å². The minimum Gasteiger partial charge on any atom is -0.377 e. The molecule has 1 rings (SSSR count). The summed E-state index contributed by atoms with van der Waals surface area (Å²) >= 11 is 2.26. The number of hydrogen-bond acceptors (Lipinski definition) is 4. The van der Waals surface area contributed by atoms with Crippen LogP contribution in [0.2, 0.25) is 0 Å². The lowest BCUT2D eigenvalue weighted by atomic mass is 10.3. The van der Waals surface area contributed by atoms with Gasteiger partial charge in [-0.3, -0.25) is 0 Å². The summed E-state index contributed by atoms with van der Waals surface area (Å²) < 4.78 is 6.10. The van der Waals surface area contributed by atoms with E-state index < -0.39 is 0 Å².